The molecule has 178 valence electrons. The third-order valence-electron chi connectivity index (χ3n) is 7.35. The standard InChI is InChI=1S/C35H27NS/c1-35(2)22-37-34(36-35)25-14-9-13-24(21-25)32-28-16-5-7-18-30(28)33(31-19-8-6-17-29(31)32)27-20-10-12-23-11-3-4-15-26(23)27/h3-21H,22H2,1-2H3. The fraction of sp³-hybridized carbons (Fsp3) is 0.114. The zero-order valence-electron chi connectivity index (χ0n) is 21.0. The minimum Gasteiger partial charge on any atom is -0.271 e. The smallest absolute Gasteiger partial charge is 0.0984 e. The number of hydrogen-bond acceptors (Lipinski definition) is 2. The van der Waals surface area contributed by atoms with Crippen LogP contribution in [0.5, 0.6) is 0 Å². The summed E-state index contributed by atoms with van der Waals surface area (Å²) in [5.41, 5.74) is 6.32. The monoisotopic (exact) mass is 493 g/mol. The number of rotatable bonds is 3. The van der Waals surface area contributed by atoms with Gasteiger partial charge in [0.1, 0.15) is 0 Å². The van der Waals surface area contributed by atoms with Gasteiger partial charge in [-0.3, -0.25) is 4.99 Å². The minimum atomic E-state index is -0.00446. The number of nitrogens with zero attached hydrogens (tertiary/aromatic N) is 1. The summed E-state index contributed by atoms with van der Waals surface area (Å²) in [7, 11) is 0. The Hall–Kier alpha value is -3.88. The van der Waals surface area contributed by atoms with Gasteiger partial charge in [0.05, 0.1) is 10.6 Å². The molecule has 37 heavy (non-hydrogen) atoms. The Kier molecular flexibility index (Phi) is 5.19. The molecule has 0 saturated carbocycles. The van der Waals surface area contributed by atoms with Crippen LogP contribution >= 0.6 is 11.8 Å². The van der Waals surface area contributed by atoms with Crippen LogP contribution in [0.25, 0.3) is 54.6 Å². The molecule has 0 radical (unpaired) electrons. The molecule has 6 aromatic carbocycles. The summed E-state index contributed by atoms with van der Waals surface area (Å²) in [5, 5.41) is 8.83. The average Bonchev–Trinajstić information content (AvgIpc) is 3.31. The SMILES string of the molecule is CC1(C)CSC(c2cccc(-c3c4ccccc4c(-c4cccc5ccccc45)c4ccccc34)c2)=N1. The number of benzene rings is 6. The van der Waals surface area contributed by atoms with Crippen LogP contribution < -0.4 is 0 Å². The van der Waals surface area contributed by atoms with Crippen molar-refractivity contribution in [2.75, 3.05) is 5.75 Å². The quantitative estimate of drug-likeness (QED) is 0.223. The van der Waals surface area contributed by atoms with Crippen molar-refractivity contribution in [2.45, 2.75) is 19.4 Å². The molecular weight excluding hydrogens is 466 g/mol. The van der Waals surface area contributed by atoms with Crippen molar-refractivity contribution in [1.29, 1.82) is 0 Å². The van der Waals surface area contributed by atoms with Gasteiger partial charge in [0.25, 0.3) is 0 Å². The largest absolute Gasteiger partial charge is 0.271 e. The van der Waals surface area contributed by atoms with Crippen molar-refractivity contribution >= 4 is 49.1 Å². The molecule has 0 unspecified atom stereocenters. The Morgan fingerprint density at radius 1 is 0.568 bits per heavy atom. The van der Waals surface area contributed by atoms with Gasteiger partial charge in [0.2, 0.25) is 0 Å². The lowest BCUT2D eigenvalue weighted by Gasteiger charge is -2.19. The lowest BCUT2D eigenvalue weighted by Crippen LogP contribution is -2.15. The topological polar surface area (TPSA) is 12.4 Å². The maximum Gasteiger partial charge on any atom is 0.0984 e. The normalized spacial score (nSPS) is 14.9. The van der Waals surface area contributed by atoms with Gasteiger partial charge < -0.3 is 0 Å². The van der Waals surface area contributed by atoms with E-state index in [-0.39, 0.29) is 5.54 Å². The van der Waals surface area contributed by atoms with Crippen LogP contribution in [-0.4, -0.2) is 16.3 Å². The van der Waals surface area contributed by atoms with Crippen LogP contribution in [-0.2, 0) is 0 Å². The number of aliphatic imine (C=N–C) groups is 1. The molecule has 0 N–H and O–H groups in total. The van der Waals surface area contributed by atoms with Crippen LogP contribution in [0.3, 0.4) is 0 Å². The number of fused-ring (bicyclic) bond motifs is 3. The van der Waals surface area contributed by atoms with Gasteiger partial charge in [0.15, 0.2) is 0 Å². The zero-order valence-corrected chi connectivity index (χ0v) is 21.8. The summed E-state index contributed by atoms with van der Waals surface area (Å²) < 4.78 is 0. The molecule has 1 aliphatic heterocycles. The zero-order chi connectivity index (χ0) is 25.0. The van der Waals surface area contributed by atoms with Crippen LogP contribution in [0.4, 0.5) is 0 Å². The van der Waals surface area contributed by atoms with E-state index in [0.29, 0.717) is 0 Å². The number of thioether (sulfide) groups is 1. The molecule has 0 saturated heterocycles. The Labute approximate surface area is 221 Å². The van der Waals surface area contributed by atoms with Crippen molar-refractivity contribution in [1.82, 2.24) is 0 Å². The van der Waals surface area contributed by atoms with E-state index < -0.39 is 0 Å². The molecule has 0 atom stereocenters. The molecule has 0 aliphatic carbocycles. The van der Waals surface area contributed by atoms with E-state index in [0.717, 1.165) is 10.8 Å². The third kappa shape index (κ3) is 3.75. The van der Waals surface area contributed by atoms with E-state index in [1.807, 2.05) is 11.8 Å². The molecule has 2 heteroatoms. The molecule has 1 heterocycles. The third-order valence-corrected chi connectivity index (χ3v) is 8.81. The lowest BCUT2D eigenvalue weighted by atomic mass is 9.84. The summed E-state index contributed by atoms with van der Waals surface area (Å²) in [6.45, 7) is 4.42. The van der Waals surface area contributed by atoms with E-state index in [9.17, 15) is 0 Å². The van der Waals surface area contributed by atoms with Gasteiger partial charge in [0, 0.05) is 11.3 Å². The van der Waals surface area contributed by atoms with Crippen molar-refractivity contribution in [3.63, 3.8) is 0 Å². The van der Waals surface area contributed by atoms with Gasteiger partial charge in [-0.15, -0.1) is 11.8 Å². The van der Waals surface area contributed by atoms with Gasteiger partial charge in [-0.2, -0.15) is 0 Å². The van der Waals surface area contributed by atoms with Gasteiger partial charge in [-0.25, -0.2) is 0 Å². The average molecular weight is 494 g/mol. The van der Waals surface area contributed by atoms with Crippen molar-refractivity contribution < 1.29 is 0 Å². The van der Waals surface area contributed by atoms with E-state index >= 15 is 0 Å². The first-order chi connectivity index (χ1) is 18.1. The highest BCUT2D eigenvalue weighted by atomic mass is 32.2. The van der Waals surface area contributed by atoms with Gasteiger partial charge >= 0.3 is 0 Å². The van der Waals surface area contributed by atoms with Crippen LogP contribution in [0.2, 0.25) is 0 Å². The molecule has 6 aromatic rings. The van der Waals surface area contributed by atoms with Gasteiger partial charge in [-0.05, 0) is 74.5 Å². The van der Waals surface area contributed by atoms with Gasteiger partial charge in [-0.1, -0.05) is 109 Å². The molecular formula is C35H27NS. The Morgan fingerprint density at radius 3 is 1.76 bits per heavy atom. The maximum absolute atomic E-state index is 5.01. The molecule has 0 spiro atoms. The second-order valence-corrected chi connectivity index (χ2v) is 11.4. The van der Waals surface area contributed by atoms with Crippen LogP contribution in [0, 0.1) is 0 Å². The fourth-order valence-corrected chi connectivity index (χ4v) is 6.87. The Balaban J connectivity index is 1.56. The first kappa shape index (κ1) is 22.3. The van der Waals surface area contributed by atoms with Crippen molar-refractivity contribution in [2.24, 2.45) is 4.99 Å². The van der Waals surface area contributed by atoms with E-state index in [1.54, 1.807) is 0 Å². The molecule has 7 rings (SSSR count). The molecule has 0 aromatic heterocycles. The second kappa shape index (κ2) is 8.61. The molecule has 1 nitrogen and oxygen atoms in total. The molecule has 0 fully saturated rings. The first-order valence-corrected chi connectivity index (χ1v) is 13.8. The Morgan fingerprint density at radius 2 is 1.11 bits per heavy atom. The maximum atomic E-state index is 5.01. The highest BCUT2D eigenvalue weighted by Gasteiger charge is 2.26. The summed E-state index contributed by atoms with van der Waals surface area (Å²) in [6, 6.07) is 42.1. The van der Waals surface area contributed by atoms with Crippen molar-refractivity contribution in [3.05, 3.63) is 121 Å². The highest BCUT2D eigenvalue weighted by Crippen LogP contribution is 2.45. The summed E-state index contributed by atoms with van der Waals surface area (Å²) in [5.74, 6) is 1.03. The number of hydrogen-bond donors (Lipinski definition) is 0. The van der Waals surface area contributed by atoms with Crippen LogP contribution in [0.15, 0.2) is 120 Å². The highest BCUT2D eigenvalue weighted by molar-refractivity contribution is 8.14. The van der Waals surface area contributed by atoms with E-state index in [2.05, 4.69) is 129 Å². The second-order valence-electron chi connectivity index (χ2n) is 10.5. The first-order valence-electron chi connectivity index (χ1n) is 12.8. The van der Waals surface area contributed by atoms with Crippen molar-refractivity contribution in [3.8, 4) is 22.3 Å². The predicted molar refractivity (Wildman–Crippen MR) is 163 cm³/mol. The molecule has 1 aliphatic rings. The lowest BCUT2D eigenvalue weighted by molar-refractivity contribution is 0.605. The van der Waals surface area contributed by atoms with E-state index in [4.69, 9.17) is 4.99 Å². The molecule has 0 amide bonds. The predicted octanol–water partition coefficient (Wildman–Crippen LogP) is 9.75. The van der Waals surface area contributed by atoms with E-state index in [1.165, 1.54) is 60.1 Å². The summed E-state index contributed by atoms with van der Waals surface area (Å²) in [6.07, 6.45) is 0. The van der Waals surface area contributed by atoms with Crippen LogP contribution in [0.1, 0.15) is 19.4 Å². The summed E-state index contributed by atoms with van der Waals surface area (Å²) in [4.78, 5) is 5.01. The molecule has 0 bridgehead atoms. The minimum absolute atomic E-state index is 0.00446. The fourth-order valence-electron chi connectivity index (χ4n) is 5.71. The summed E-state index contributed by atoms with van der Waals surface area (Å²) >= 11 is 1.86. The Bertz CT molecular complexity index is 1800.